The minimum absolute atomic E-state index is 0.0329. The van der Waals surface area contributed by atoms with Crippen molar-refractivity contribution in [3.8, 4) is 0 Å². The number of likely N-dealkylation sites (N-methyl/N-ethyl adjacent to an activating group) is 1. The lowest BCUT2D eigenvalue weighted by molar-refractivity contribution is -0.147. The normalized spacial score (nSPS) is 23.4. The highest BCUT2D eigenvalue weighted by Crippen LogP contribution is 2.29. The van der Waals surface area contributed by atoms with Crippen LogP contribution in [0.5, 0.6) is 0 Å². The molecule has 3 heterocycles. The number of nitrogens with zero attached hydrogens (tertiary/aromatic N) is 4. The van der Waals surface area contributed by atoms with Crippen molar-refractivity contribution in [2.75, 3.05) is 57.9 Å². The number of anilines is 2. The van der Waals surface area contributed by atoms with Crippen LogP contribution in [0.3, 0.4) is 0 Å². The number of piperazine rings is 1. The number of nitrogens with two attached hydrogens (primary N) is 1. The zero-order chi connectivity index (χ0) is 27.1. The molecule has 0 saturated carbocycles. The molecule has 0 aliphatic carbocycles. The molecule has 0 radical (unpaired) electrons. The summed E-state index contributed by atoms with van der Waals surface area (Å²) in [5, 5.41) is 2.70. The Morgan fingerprint density at radius 3 is 2.59 bits per heavy atom. The van der Waals surface area contributed by atoms with Crippen LogP contribution < -0.4 is 11.1 Å². The Kier molecular flexibility index (Phi) is 9.88. The van der Waals surface area contributed by atoms with E-state index in [0.29, 0.717) is 30.9 Å². The van der Waals surface area contributed by atoms with E-state index in [2.05, 4.69) is 45.9 Å². The maximum atomic E-state index is 13.4. The number of amides is 2. The first-order valence-electron chi connectivity index (χ1n) is 13.0. The summed E-state index contributed by atoms with van der Waals surface area (Å²) in [5.74, 6) is -0.801. The van der Waals surface area contributed by atoms with Gasteiger partial charge in [0.1, 0.15) is 5.82 Å². The summed E-state index contributed by atoms with van der Waals surface area (Å²) in [5.41, 5.74) is 9.04. The van der Waals surface area contributed by atoms with E-state index in [9.17, 15) is 9.59 Å². The summed E-state index contributed by atoms with van der Waals surface area (Å²) < 4.78 is 5.71. The largest absolute Gasteiger partial charge is 0.383 e. The molecule has 2 aliphatic heterocycles. The molecule has 0 bridgehead atoms. The Bertz CT molecular complexity index is 1040. The minimum Gasteiger partial charge on any atom is -0.383 e. The summed E-state index contributed by atoms with van der Waals surface area (Å²) >= 11 is 0. The van der Waals surface area contributed by atoms with E-state index in [1.807, 2.05) is 26.8 Å². The summed E-state index contributed by atoms with van der Waals surface area (Å²) in [6, 6.07) is 1.40. The van der Waals surface area contributed by atoms with Crippen LogP contribution in [0.25, 0.3) is 0 Å². The third-order valence-corrected chi connectivity index (χ3v) is 7.41. The van der Waals surface area contributed by atoms with E-state index in [0.717, 1.165) is 43.0 Å². The lowest BCUT2D eigenvalue weighted by Crippen LogP contribution is -2.55. The van der Waals surface area contributed by atoms with Gasteiger partial charge in [-0.1, -0.05) is 32.6 Å². The monoisotopic (exact) mass is 510 g/mol. The van der Waals surface area contributed by atoms with Crippen molar-refractivity contribution in [1.82, 2.24) is 19.7 Å². The van der Waals surface area contributed by atoms with Gasteiger partial charge < -0.3 is 30.5 Å². The molecule has 202 valence electrons. The minimum atomic E-state index is -0.704. The number of methoxy groups -OCH3 is 1. The Balaban J connectivity index is 1.76. The van der Waals surface area contributed by atoms with Gasteiger partial charge in [0.2, 0.25) is 0 Å². The first-order chi connectivity index (χ1) is 17.7. The molecular weight excluding hydrogens is 468 g/mol. The topological polar surface area (TPSA) is 104 Å². The first kappa shape index (κ1) is 28.4. The molecule has 2 aliphatic rings. The number of likely N-dealkylation sites (tertiary alicyclic amines) is 1. The van der Waals surface area contributed by atoms with Crippen LogP contribution in [0.2, 0.25) is 0 Å². The van der Waals surface area contributed by atoms with E-state index >= 15 is 0 Å². The number of carbonyl (C=O) groups is 2. The van der Waals surface area contributed by atoms with Crippen LogP contribution in [-0.4, -0.2) is 90.5 Å². The van der Waals surface area contributed by atoms with E-state index in [4.69, 9.17) is 10.5 Å². The number of hydrogen-bond acceptors (Lipinski definition) is 7. The zero-order valence-corrected chi connectivity index (χ0v) is 22.9. The van der Waals surface area contributed by atoms with Gasteiger partial charge in [-0.25, -0.2) is 4.98 Å². The van der Waals surface area contributed by atoms with Crippen LogP contribution in [0, 0.1) is 5.92 Å². The number of nitrogens with one attached hydrogen (secondary N) is 1. The van der Waals surface area contributed by atoms with Gasteiger partial charge in [0, 0.05) is 51.4 Å². The maximum absolute atomic E-state index is 13.4. The third-order valence-electron chi connectivity index (χ3n) is 7.41. The zero-order valence-electron chi connectivity index (χ0n) is 22.9. The van der Waals surface area contributed by atoms with Crippen molar-refractivity contribution >= 4 is 23.3 Å². The van der Waals surface area contributed by atoms with Gasteiger partial charge in [0.05, 0.1) is 24.0 Å². The Labute approximate surface area is 221 Å². The molecule has 2 saturated heterocycles. The second-order valence-corrected chi connectivity index (χ2v) is 9.95. The molecule has 2 amide bonds. The van der Waals surface area contributed by atoms with Crippen LogP contribution in [0.4, 0.5) is 11.5 Å². The van der Waals surface area contributed by atoms with Crippen molar-refractivity contribution in [2.24, 2.45) is 5.92 Å². The fourth-order valence-electron chi connectivity index (χ4n) is 4.98. The average Bonchev–Trinajstić information content (AvgIpc) is 2.90. The number of carbonyl (C=O) groups excluding carboxylic acids is 2. The molecule has 0 aromatic carbocycles. The summed E-state index contributed by atoms with van der Waals surface area (Å²) in [4.78, 5) is 36.8. The number of aromatic nitrogens is 1. The molecule has 0 spiro atoms. The van der Waals surface area contributed by atoms with Gasteiger partial charge in [0.25, 0.3) is 0 Å². The fraction of sp³-hybridized carbons (Fsp3) is 0.536. The summed E-state index contributed by atoms with van der Waals surface area (Å²) in [6.45, 7) is 14.7. The number of hydrogen-bond donors (Lipinski definition) is 2. The fourth-order valence-corrected chi connectivity index (χ4v) is 4.98. The van der Waals surface area contributed by atoms with Crippen molar-refractivity contribution in [1.29, 1.82) is 0 Å². The van der Waals surface area contributed by atoms with E-state index in [1.165, 1.54) is 6.20 Å². The molecule has 2 fully saturated rings. The van der Waals surface area contributed by atoms with Gasteiger partial charge >= 0.3 is 11.8 Å². The Hall–Kier alpha value is -3.17. The first-order valence-corrected chi connectivity index (χ1v) is 13.0. The third kappa shape index (κ3) is 6.99. The highest BCUT2D eigenvalue weighted by atomic mass is 16.5. The second kappa shape index (κ2) is 12.9. The molecule has 37 heavy (non-hydrogen) atoms. The van der Waals surface area contributed by atoms with Gasteiger partial charge in [-0.15, -0.1) is 0 Å². The molecule has 3 atom stereocenters. The molecule has 1 aromatic rings. The van der Waals surface area contributed by atoms with E-state index in [1.54, 1.807) is 18.1 Å². The molecule has 3 rings (SSSR count). The molecule has 9 heteroatoms. The average molecular weight is 511 g/mol. The van der Waals surface area contributed by atoms with Gasteiger partial charge in [-0.05, 0) is 50.1 Å². The number of aryl methyl sites for hydroxylation is 1. The van der Waals surface area contributed by atoms with E-state index in [-0.39, 0.29) is 18.1 Å². The number of pyridine rings is 1. The molecule has 1 aromatic heterocycles. The number of rotatable bonds is 7. The predicted molar refractivity (Wildman–Crippen MR) is 148 cm³/mol. The molecular formula is C28H42N6O3. The Morgan fingerprint density at radius 2 is 1.97 bits per heavy atom. The number of piperidine rings is 1. The van der Waals surface area contributed by atoms with Crippen molar-refractivity contribution < 1.29 is 14.3 Å². The standard InChI is InChI=1S/C28H42N6O3/c1-7-21-15-22(17-30-26(21)29)31-27(35)28(36)34-18-20(4)25(37-6)16-24(34)19(3)9-10-23(8-2)33-13-11-32(5)12-14-33/h8-10,15,17,20,24-25H,3,7,11-14,16,18H2,1-2,4-6H3,(H2,29,30)(H,31,35)/b10-9-,23-8+/t20-,24-,25-/m0/s1. The smallest absolute Gasteiger partial charge is 0.313 e. The van der Waals surface area contributed by atoms with Crippen LogP contribution in [0.15, 0.2) is 48.3 Å². The van der Waals surface area contributed by atoms with Crippen molar-refractivity contribution in [3.05, 3.63) is 53.9 Å². The number of nitrogen functional groups attached to an aromatic ring is 1. The summed E-state index contributed by atoms with van der Waals surface area (Å²) in [6.07, 6.45) is 8.80. The highest BCUT2D eigenvalue weighted by Gasteiger charge is 2.39. The van der Waals surface area contributed by atoms with Crippen molar-refractivity contribution in [2.45, 2.75) is 45.8 Å². The maximum Gasteiger partial charge on any atom is 0.313 e. The number of allylic oxidation sites excluding steroid dienone is 2. The van der Waals surface area contributed by atoms with Gasteiger partial charge in [-0.2, -0.15) is 0 Å². The summed E-state index contributed by atoms with van der Waals surface area (Å²) in [7, 11) is 3.82. The molecule has 0 unspecified atom stereocenters. The Morgan fingerprint density at radius 1 is 1.27 bits per heavy atom. The van der Waals surface area contributed by atoms with Crippen LogP contribution >= 0.6 is 0 Å². The SMILES string of the molecule is C=C(/C=C\C(=C/C)N1CCN(C)CC1)[C@@H]1C[C@H](OC)[C@@H](C)CN1C(=O)C(=O)Nc1cnc(N)c(CC)c1. The lowest BCUT2D eigenvalue weighted by atomic mass is 9.87. The van der Waals surface area contributed by atoms with Crippen molar-refractivity contribution in [3.63, 3.8) is 0 Å². The van der Waals surface area contributed by atoms with Gasteiger partial charge in [-0.3, -0.25) is 9.59 Å². The quantitative estimate of drug-likeness (QED) is 0.429. The van der Waals surface area contributed by atoms with E-state index < -0.39 is 11.8 Å². The predicted octanol–water partition coefficient (Wildman–Crippen LogP) is 2.68. The van der Waals surface area contributed by atoms with Crippen LogP contribution in [0.1, 0.15) is 32.8 Å². The highest BCUT2D eigenvalue weighted by molar-refractivity contribution is 6.39. The lowest BCUT2D eigenvalue weighted by Gasteiger charge is -2.42. The number of ether oxygens (including phenoxy) is 1. The molecule has 3 N–H and O–H groups in total. The molecule has 9 nitrogen and oxygen atoms in total. The second-order valence-electron chi connectivity index (χ2n) is 9.95. The van der Waals surface area contributed by atoms with Crippen LogP contribution in [-0.2, 0) is 20.7 Å². The van der Waals surface area contributed by atoms with Gasteiger partial charge in [0.15, 0.2) is 0 Å².